The first kappa shape index (κ1) is 20.2. The molecule has 0 saturated carbocycles. The number of aromatic amines is 1. The summed E-state index contributed by atoms with van der Waals surface area (Å²) in [5.74, 6) is -0.677. The van der Waals surface area contributed by atoms with E-state index in [1.807, 2.05) is 6.92 Å². The number of fused-ring (bicyclic) bond motifs is 1. The van der Waals surface area contributed by atoms with Gasteiger partial charge in [0.1, 0.15) is 17.6 Å². The number of nitrogens with zero attached hydrogens (tertiary/aromatic N) is 2. The average Bonchev–Trinajstić information content (AvgIpc) is 3.05. The Hall–Kier alpha value is -1.55. The van der Waals surface area contributed by atoms with Gasteiger partial charge < -0.3 is 23.8 Å². The maximum absolute atomic E-state index is 14.4. The highest BCUT2D eigenvalue weighted by molar-refractivity contribution is 6.74. The molecule has 7 nitrogen and oxygen atoms in total. The van der Waals surface area contributed by atoms with Gasteiger partial charge in [-0.2, -0.15) is 0 Å². The lowest BCUT2D eigenvalue weighted by Gasteiger charge is -2.40. The van der Waals surface area contributed by atoms with Crippen LogP contribution in [0.5, 0.6) is 0 Å². The molecule has 0 aromatic carbocycles. The van der Waals surface area contributed by atoms with Crippen LogP contribution in [0, 0.1) is 5.82 Å². The van der Waals surface area contributed by atoms with Gasteiger partial charge in [0.15, 0.2) is 26.0 Å². The quantitative estimate of drug-likeness (QED) is 0.775. The van der Waals surface area contributed by atoms with Gasteiger partial charge in [0.05, 0.1) is 12.4 Å². The van der Waals surface area contributed by atoms with Crippen LogP contribution >= 0.6 is 0 Å². The van der Waals surface area contributed by atoms with E-state index in [-0.39, 0.29) is 16.1 Å². The van der Waals surface area contributed by atoms with Crippen LogP contribution in [0.3, 0.4) is 0 Å². The molecule has 0 spiro atoms. The highest BCUT2D eigenvalue weighted by atomic mass is 28.4. The molecule has 9 heteroatoms. The van der Waals surface area contributed by atoms with E-state index in [1.54, 1.807) is 0 Å². The predicted molar refractivity (Wildman–Crippen MR) is 103 cm³/mol. The summed E-state index contributed by atoms with van der Waals surface area (Å²) >= 11 is 0. The molecule has 0 radical (unpaired) electrons. The van der Waals surface area contributed by atoms with E-state index in [9.17, 15) is 14.3 Å². The molecule has 0 amide bonds. The van der Waals surface area contributed by atoms with Crippen LogP contribution in [0.1, 0.15) is 40.3 Å². The Morgan fingerprint density at radius 2 is 2.11 bits per heavy atom. The second-order valence-electron chi connectivity index (χ2n) is 8.62. The molecule has 1 aliphatic rings. The molecule has 3 rings (SSSR count). The standard InChI is InChI=1S/C18H28FN3O4Si/c1-7-11-13(23)14(26-27(5,6)18(2,3)4)17(25-11)22-8-10(19)12-15(22)20-9-21-16(12)24/h8-9,11,13-14,17,23H,7H2,1-6H3,(H,20,21,24)/t11-,13-,14-,17-/m1/s1. The third-order valence-corrected chi connectivity index (χ3v) is 10.3. The summed E-state index contributed by atoms with van der Waals surface area (Å²) < 4.78 is 28.4. The normalized spacial score (nSPS) is 26.8. The minimum atomic E-state index is -2.24. The number of hydrogen-bond donors (Lipinski definition) is 2. The Balaban J connectivity index is 2.07. The van der Waals surface area contributed by atoms with Crippen LogP contribution < -0.4 is 5.56 Å². The summed E-state index contributed by atoms with van der Waals surface area (Å²) in [6.45, 7) is 12.4. The van der Waals surface area contributed by atoms with E-state index < -0.39 is 44.2 Å². The molecule has 0 bridgehead atoms. The van der Waals surface area contributed by atoms with Gasteiger partial charge in [0.2, 0.25) is 0 Å². The van der Waals surface area contributed by atoms with Crippen LogP contribution in [-0.4, -0.2) is 46.3 Å². The SMILES string of the molecule is CC[C@H]1O[C@@H](n2cc(F)c3c(=O)[nH]cnc32)[C@H](O[Si](C)(C)C(C)(C)C)[C@@H]1O. The summed E-state index contributed by atoms with van der Waals surface area (Å²) in [5.41, 5.74) is -0.377. The topological polar surface area (TPSA) is 89.4 Å². The fourth-order valence-electron chi connectivity index (χ4n) is 3.17. The van der Waals surface area contributed by atoms with E-state index in [1.165, 1.54) is 17.1 Å². The highest BCUT2D eigenvalue weighted by Crippen LogP contribution is 2.42. The second-order valence-corrected chi connectivity index (χ2v) is 13.4. The van der Waals surface area contributed by atoms with Gasteiger partial charge in [-0.25, -0.2) is 9.37 Å². The van der Waals surface area contributed by atoms with Crippen molar-refractivity contribution in [3.05, 3.63) is 28.7 Å². The lowest BCUT2D eigenvalue weighted by molar-refractivity contribution is -0.0324. The zero-order valence-corrected chi connectivity index (χ0v) is 17.6. The number of aromatic nitrogens is 3. The lowest BCUT2D eigenvalue weighted by atomic mass is 10.1. The Kier molecular flexibility index (Phi) is 5.09. The number of aliphatic hydroxyl groups excluding tert-OH is 1. The van der Waals surface area contributed by atoms with Crippen molar-refractivity contribution >= 4 is 19.4 Å². The molecular formula is C18H28FN3O4Si. The zero-order chi connectivity index (χ0) is 20.1. The summed E-state index contributed by atoms with van der Waals surface area (Å²) in [5, 5.41) is 10.6. The highest BCUT2D eigenvalue weighted by Gasteiger charge is 2.50. The summed E-state index contributed by atoms with van der Waals surface area (Å²) in [6, 6.07) is 0. The van der Waals surface area contributed by atoms with E-state index in [2.05, 4.69) is 43.8 Å². The van der Waals surface area contributed by atoms with Gasteiger partial charge in [-0.15, -0.1) is 0 Å². The molecule has 3 heterocycles. The fraction of sp³-hybridized carbons (Fsp3) is 0.667. The molecule has 0 aliphatic carbocycles. The number of hydrogen-bond acceptors (Lipinski definition) is 5. The first-order chi connectivity index (χ1) is 12.5. The monoisotopic (exact) mass is 397 g/mol. The van der Waals surface area contributed by atoms with Crippen molar-refractivity contribution in [3.63, 3.8) is 0 Å². The van der Waals surface area contributed by atoms with Crippen molar-refractivity contribution in [1.82, 2.24) is 14.5 Å². The number of halogens is 1. The number of aliphatic hydroxyl groups is 1. The Morgan fingerprint density at radius 1 is 1.44 bits per heavy atom. The minimum Gasteiger partial charge on any atom is -0.407 e. The van der Waals surface area contributed by atoms with E-state index in [0.29, 0.717) is 6.42 Å². The van der Waals surface area contributed by atoms with Crippen molar-refractivity contribution in [2.24, 2.45) is 0 Å². The molecule has 4 atom stereocenters. The van der Waals surface area contributed by atoms with Crippen LogP contribution in [0.4, 0.5) is 4.39 Å². The van der Waals surface area contributed by atoms with Gasteiger partial charge in [0, 0.05) is 6.20 Å². The summed E-state index contributed by atoms with van der Waals surface area (Å²) in [6.07, 6.45) is 0.290. The average molecular weight is 398 g/mol. The van der Waals surface area contributed by atoms with Gasteiger partial charge in [-0.1, -0.05) is 27.7 Å². The third-order valence-electron chi connectivity index (χ3n) is 5.80. The summed E-state index contributed by atoms with van der Waals surface area (Å²) in [7, 11) is -2.24. The van der Waals surface area contributed by atoms with Crippen molar-refractivity contribution in [2.45, 2.75) is 76.8 Å². The largest absolute Gasteiger partial charge is 0.407 e. The van der Waals surface area contributed by atoms with Crippen LogP contribution in [-0.2, 0) is 9.16 Å². The maximum Gasteiger partial charge on any atom is 0.263 e. The molecule has 2 aromatic rings. The zero-order valence-electron chi connectivity index (χ0n) is 16.6. The molecule has 2 aromatic heterocycles. The van der Waals surface area contributed by atoms with Gasteiger partial charge >= 0.3 is 0 Å². The fourth-order valence-corrected chi connectivity index (χ4v) is 4.46. The van der Waals surface area contributed by atoms with Crippen LogP contribution in [0.15, 0.2) is 17.3 Å². The molecule has 2 N–H and O–H groups in total. The van der Waals surface area contributed by atoms with Gasteiger partial charge in [-0.05, 0) is 24.6 Å². The first-order valence-corrected chi connectivity index (χ1v) is 12.1. The smallest absolute Gasteiger partial charge is 0.263 e. The maximum atomic E-state index is 14.4. The van der Waals surface area contributed by atoms with E-state index >= 15 is 0 Å². The predicted octanol–water partition coefficient (Wildman–Crippen LogP) is 2.92. The Labute approximate surface area is 158 Å². The summed E-state index contributed by atoms with van der Waals surface area (Å²) in [4.78, 5) is 18.5. The number of nitrogens with one attached hydrogen (secondary N) is 1. The molecule has 27 heavy (non-hydrogen) atoms. The third kappa shape index (κ3) is 3.37. The van der Waals surface area contributed by atoms with Crippen LogP contribution in [0.2, 0.25) is 18.1 Å². The van der Waals surface area contributed by atoms with Crippen molar-refractivity contribution in [2.75, 3.05) is 0 Å². The number of ether oxygens (including phenoxy) is 1. The first-order valence-electron chi connectivity index (χ1n) is 9.23. The Bertz CT molecular complexity index is 889. The van der Waals surface area contributed by atoms with Gasteiger partial charge in [-0.3, -0.25) is 4.79 Å². The lowest BCUT2D eigenvalue weighted by Crippen LogP contribution is -2.48. The van der Waals surface area contributed by atoms with Crippen molar-refractivity contribution in [1.29, 1.82) is 0 Å². The Morgan fingerprint density at radius 3 is 2.70 bits per heavy atom. The van der Waals surface area contributed by atoms with Crippen LogP contribution in [0.25, 0.3) is 11.0 Å². The minimum absolute atomic E-state index is 0.0685. The molecule has 150 valence electrons. The van der Waals surface area contributed by atoms with E-state index in [4.69, 9.17) is 9.16 Å². The molecule has 1 saturated heterocycles. The van der Waals surface area contributed by atoms with Gasteiger partial charge in [0.25, 0.3) is 5.56 Å². The van der Waals surface area contributed by atoms with E-state index in [0.717, 1.165) is 0 Å². The van der Waals surface area contributed by atoms with Crippen molar-refractivity contribution < 1.29 is 18.7 Å². The molecular weight excluding hydrogens is 369 g/mol. The molecule has 0 unspecified atom stereocenters. The number of rotatable bonds is 4. The van der Waals surface area contributed by atoms with Crippen molar-refractivity contribution in [3.8, 4) is 0 Å². The molecule has 1 fully saturated rings. The number of H-pyrrole nitrogens is 1. The molecule has 1 aliphatic heterocycles. The second kappa shape index (κ2) is 6.80.